The summed E-state index contributed by atoms with van der Waals surface area (Å²) in [6, 6.07) is 0. The molecule has 0 aromatic rings. The second-order valence-corrected chi connectivity index (χ2v) is 12.3. The maximum Gasteiger partial charge on any atom is 0.264 e. The highest BCUT2D eigenvalue weighted by molar-refractivity contribution is 7.86. The third-order valence-electron chi connectivity index (χ3n) is 1.33. The Bertz CT molecular complexity index is 357. The fourth-order valence-corrected chi connectivity index (χ4v) is 4.92. The van der Waals surface area contributed by atoms with E-state index in [9.17, 15) is 16.8 Å². The summed E-state index contributed by atoms with van der Waals surface area (Å²) >= 11 is 0. The van der Waals surface area contributed by atoms with E-state index in [1.165, 1.54) is 0 Å². The zero-order valence-corrected chi connectivity index (χ0v) is 11.8. The average molecular weight is 276 g/mol. The lowest BCUT2D eigenvalue weighted by Gasteiger charge is -2.19. The number of rotatable bonds is 6. The molecule has 92 valence electrons. The van der Waals surface area contributed by atoms with Crippen LogP contribution in [0.3, 0.4) is 0 Å². The van der Waals surface area contributed by atoms with Crippen molar-refractivity contribution in [2.75, 3.05) is 25.0 Å². The lowest BCUT2D eigenvalue weighted by Crippen LogP contribution is -2.40. The van der Waals surface area contributed by atoms with Gasteiger partial charge in [0, 0.05) is 0 Å². The summed E-state index contributed by atoms with van der Waals surface area (Å²) in [6.45, 7) is 3.56. The molecule has 0 aromatic carbocycles. The van der Waals surface area contributed by atoms with Crippen LogP contribution in [0.15, 0.2) is 0 Å². The molecule has 0 saturated heterocycles. The van der Waals surface area contributed by atoms with Crippen molar-refractivity contribution in [1.29, 1.82) is 0 Å². The molecule has 0 unspecified atom stereocenters. The lowest BCUT2D eigenvalue weighted by atomic mass is 11.6. The van der Waals surface area contributed by atoms with Gasteiger partial charge >= 0.3 is 0 Å². The van der Waals surface area contributed by atoms with Crippen LogP contribution in [0.1, 0.15) is 0 Å². The van der Waals surface area contributed by atoms with Crippen molar-refractivity contribution < 1.29 is 25.2 Å². The van der Waals surface area contributed by atoms with E-state index < -0.39 is 28.3 Å². The molecule has 6 nitrogen and oxygen atoms in total. The molecule has 9 heteroatoms. The standard InChI is InChI=1S/C6H16O6S2Si/c1-13(7,8)11-5-15(3,4)6-12-14(2,9)10/h5-6H2,1-4H3. The summed E-state index contributed by atoms with van der Waals surface area (Å²) in [5.41, 5.74) is 0. The first kappa shape index (κ1) is 15.0. The SMILES string of the molecule is C[Si](C)(COS(C)(=O)=O)COS(C)(=O)=O. The van der Waals surface area contributed by atoms with Crippen LogP contribution >= 0.6 is 0 Å². The summed E-state index contributed by atoms with van der Waals surface area (Å²) in [7, 11) is -9.09. The summed E-state index contributed by atoms with van der Waals surface area (Å²) in [6.07, 6.45) is 1.94. The van der Waals surface area contributed by atoms with Gasteiger partial charge in [-0.05, 0) is 0 Å². The molecule has 0 spiro atoms. The van der Waals surface area contributed by atoms with Crippen molar-refractivity contribution in [3.63, 3.8) is 0 Å². The Morgan fingerprint density at radius 1 is 0.867 bits per heavy atom. The largest absolute Gasteiger partial charge is 0.274 e. The lowest BCUT2D eigenvalue weighted by molar-refractivity contribution is 0.346. The molecule has 0 atom stereocenters. The van der Waals surface area contributed by atoms with Gasteiger partial charge in [0.2, 0.25) is 0 Å². The van der Waals surface area contributed by atoms with E-state index in [0.29, 0.717) is 0 Å². The highest BCUT2D eigenvalue weighted by atomic mass is 32.2. The van der Waals surface area contributed by atoms with Gasteiger partial charge in [0.1, 0.15) is 8.07 Å². The molecule has 0 heterocycles. The van der Waals surface area contributed by atoms with Crippen LogP contribution in [0.2, 0.25) is 13.1 Å². The van der Waals surface area contributed by atoms with Crippen LogP contribution in [0.5, 0.6) is 0 Å². The van der Waals surface area contributed by atoms with Gasteiger partial charge in [-0.15, -0.1) is 0 Å². The van der Waals surface area contributed by atoms with E-state index >= 15 is 0 Å². The minimum Gasteiger partial charge on any atom is -0.274 e. The zero-order valence-electron chi connectivity index (χ0n) is 9.18. The van der Waals surface area contributed by atoms with Crippen LogP contribution in [0, 0.1) is 0 Å². The molecular formula is C6H16O6S2Si. The van der Waals surface area contributed by atoms with E-state index in [0.717, 1.165) is 12.5 Å². The molecule has 0 bridgehead atoms. The molecule has 0 fully saturated rings. The third kappa shape index (κ3) is 10.3. The van der Waals surface area contributed by atoms with Gasteiger partial charge in [0.05, 0.1) is 25.0 Å². The zero-order chi connectivity index (χ0) is 12.3. The highest BCUT2D eigenvalue weighted by Gasteiger charge is 2.25. The molecule has 0 radical (unpaired) electrons. The monoisotopic (exact) mass is 276 g/mol. The van der Waals surface area contributed by atoms with Crippen LogP contribution in [0.25, 0.3) is 0 Å². The van der Waals surface area contributed by atoms with E-state index in [2.05, 4.69) is 8.37 Å². The van der Waals surface area contributed by atoms with Crippen molar-refractivity contribution >= 4 is 28.3 Å². The van der Waals surface area contributed by atoms with Crippen LogP contribution < -0.4 is 0 Å². The molecule has 0 aliphatic rings. The topological polar surface area (TPSA) is 86.7 Å². The van der Waals surface area contributed by atoms with E-state index in [1.807, 2.05) is 0 Å². The number of hydrogen-bond acceptors (Lipinski definition) is 6. The average Bonchev–Trinajstić information content (AvgIpc) is 1.96. The normalized spacial score (nSPS) is 14.1. The molecular weight excluding hydrogens is 260 g/mol. The molecule has 0 saturated carbocycles. The van der Waals surface area contributed by atoms with Gasteiger partial charge < -0.3 is 0 Å². The van der Waals surface area contributed by atoms with Gasteiger partial charge in [-0.1, -0.05) is 13.1 Å². The summed E-state index contributed by atoms with van der Waals surface area (Å²) in [4.78, 5) is 0. The molecule has 0 aliphatic heterocycles. The van der Waals surface area contributed by atoms with Crippen molar-refractivity contribution in [3.8, 4) is 0 Å². The van der Waals surface area contributed by atoms with Crippen molar-refractivity contribution in [2.24, 2.45) is 0 Å². The van der Waals surface area contributed by atoms with Crippen molar-refractivity contribution in [3.05, 3.63) is 0 Å². The maximum atomic E-state index is 10.7. The van der Waals surface area contributed by atoms with Crippen LogP contribution in [-0.2, 0) is 28.6 Å². The maximum absolute atomic E-state index is 10.7. The highest BCUT2D eigenvalue weighted by Crippen LogP contribution is 2.06. The Morgan fingerprint density at radius 2 is 1.13 bits per heavy atom. The Kier molecular flexibility index (Phi) is 4.92. The smallest absolute Gasteiger partial charge is 0.264 e. The first-order chi connectivity index (χ1) is 6.41. The van der Waals surface area contributed by atoms with Gasteiger partial charge in [0.25, 0.3) is 20.2 Å². The van der Waals surface area contributed by atoms with Gasteiger partial charge in [-0.3, -0.25) is 8.37 Å². The fourth-order valence-electron chi connectivity index (χ4n) is 0.575. The molecule has 0 N–H and O–H groups in total. The molecule has 15 heavy (non-hydrogen) atoms. The first-order valence-electron chi connectivity index (χ1n) is 4.10. The Morgan fingerprint density at radius 3 is 1.33 bits per heavy atom. The minimum atomic E-state index is -3.48. The summed E-state index contributed by atoms with van der Waals surface area (Å²) in [5, 5.41) is 0. The fraction of sp³-hybridized carbons (Fsp3) is 1.00. The first-order valence-corrected chi connectivity index (χ1v) is 11.1. The van der Waals surface area contributed by atoms with E-state index in [-0.39, 0.29) is 12.5 Å². The Balaban J connectivity index is 4.21. The van der Waals surface area contributed by atoms with Crippen LogP contribution in [-0.4, -0.2) is 49.9 Å². The van der Waals surface area contributed by atoms with Crippen molar-refractivity contribution in [1.82, 2.24) is 0 Å². The quantitative estimate of drug-likeness (QED) is 0.490. The Labute approximate surface area is 91.8 Å². The second-order valence-electron chi connectivity index (χ2n) is 4.10. The van der Waals surface area contributed by atoms with E-state index in [1.54, 1.807) is 13.1 Å². The molecule has 0 aromatic heterocycles. The van der Waals surface area contributed by atoms with Crippen LogP contribution in [0.4, 0.5) is 0 Å². The summed E-state index contributed by atoms with van der Waals surface area (Å²) < 4.78 is 52.1. The molecule has 0 amide bonds. The predicted molar refractivity (Wildman–Crippen MR) is 59.1 cm³/mol. The Hall–Kier alpha value is 0.0369. The van der Waals surface area contributed by atoms with E-state index in [4.69, 9.17) is 0 Å². The molecule has 0 rings (SSSR count). The van der Waals surface area contributed by atoms with Crippen molar-refractivity contribution in [2.45, 2.75) is 13.1 Å². The third-order valence-corrected chi connectivity index (χ3v) is 4.69. The summed E-state index contributed by atoms with van der Waals surface area (Å²) in [5.74, 6) is 0. The van der Waals surface area contributed by atoms with Gasteiger partial charge in [-0.2, -0.15) is 16.8 Å². The van der Waals surface area contributed by atoms with Gasteiger partial charge in [-0.25, -0.2) is 0 Å². The number of hydrogen-bond donors (Lipinski definition) is 0. The predicted octanol–water partition coefficient (Wildman–Crippen LogP) is -0.274. The molecule has 0 aliphatic carbocycles. The van der Waals surface area contributed by atoms with Gasteiger partial charge in [0.15, 0.2) is 0 Å². The minimum absolute atomic E-state index is 0.0152. The second kappa shape index (κ2) is 4.91.